The van der Waals surface area contributed by atoms with Crippen LogP contribution >= 0.6 is 0 Å². The Balaban J connectivity index is 0.915. The zero-order valence-corrected chi connectivity index (χ0v) is 32.5. The number of aryl methyl sites for hydroxylation is 1. The zero-order chi connectivity index (χ0) is 41.2. The van der Waals surface area contributed by atoms with Crippen molar-refractivity contribution in [2.75, 3.05) is 55.9 Å². The number of aromatic nitrogens is 6. The van der Waals surface area contributed by atoms with Crippen molar-refractivity contribution in [3.05, 3.63) is 107 Å². The maximum Gasteiger partial charge on any atom is 0.329 e. The molecular weight excluding hydrogens is 760 g/mol. The van der Waals surface area contributed by atoms with Gasteiger partial charge in [-0.1, -0.05) is 12.1 Å². The maximum atomic E-state index is 13.5. The molecule has 6 aromatic rings. The lowest BCUT2D eigenvalue weighted by molar-refractivity contribution is -0.135. The lowest BCUT2D eigenvalue weighted by Crippen LogP contribution is -2.46. The Kier molecular flexibility index (Phi) is 10.7. The molecule has 1 atom stereocenters. The van der Waals surface area contributed by atoms with E-state index in [0.717, 1.165) is 55.3 Å². The molecule has 0 bridgehead atoms. The van der Waals surface area contributed by atoms with Crippen LogP contribution in [0.2, 0.25) is 0 Å². The Morgan fingerprint density at radius 1 is 0.881 bits per heavy atom. The summed E-state index contributed by atoms with van der Waals surface area (Å²) in [5.41, 5.74) is 4.94. The van der Waals surface area contributed by atoms with Crippen molar-refractivity contribution in [3.8, 4) is 17.1 Å². The number of methoxy groups -OCH3 is 1. The van der Waals surface area contributed by atoms with Gasteiger partial charge in [-0.25, -0.2) is 29.1 Å². The van der Waals surface area contributed by atoms with Crippen LogP contribution in [0.25, 0.3) is 22.4 Å². The Bertz CT molecular complexity index is 2620. The van der Waals surface area contributed by atoms with E-state index in [1.54, 1.807) is 35.9 Å². The number of anilines is 5. The van der Waals surface area contributed by atoms with Gasteiger partial charge >= 0.3 is 5.69 Å². The molecule has 6 heterocycles. The van der Waals surface area contributed by atoms with Crippen molar-refractivity contribution in [3.63, 3.8) is 0 Å². The smallest absolute Gasteiger partial charge is 0.329 e. The molecule has 18 heteroatoms. The lowest BCUT2D eigenvalue weighted by Gasteiger charge is -2.36. The fourth-order valence-corrected chi connectivity index (χ4v) is 7.49. The molecule has 4 N–H and O–H groups in total. The fraction of sp³-hybridized carbons (Fsp3) is 0.268. The van der Waals surface area contributed by atoms with E-state index in [-0.39, 0.29) is 36.2 Å². The predicted molar refractivity (Wildman–Crippen MR) is 218 cm³/mol. The van der Waals surface area contributed by atoms with Crippen molar-refractivity contribution in [2.45, 2.75) is 25.4 Å². The van der Waals surface area contributed by atoms with E-state index in [9.17, 15) is 23.6 Å². The molecule has 4 aromatic heterocycles. The number of para-hydroxylation sites is 1. The lowest BCUT2D eigenvalue weighted by atomic mass is 10.1. The number of piperazine rings is 1. The van der Waals surface area contributed by atoms with Gasteiger partial charge in [-0.3, -0.25) is 33.7 Å². The quantitative estimate of drug-likeness (QED) is 0.138. The van der Waals surface area contributed by atoms with E-state index < -0.39 is 17.8 Å². The van der Waals surface area contributed by atoms with Gasteiger partial charge in [0.2, 0.25) is 11.8 Å². The molecule has 2 fully saturated rings. The summed E-state index contributed by atoms with van der Waals surface area (Å²) in [5, 5.41) is 11.5. The minimum absolute atomic E-state index is 0.193. The van der Waals surface area contributed by atoms with E-state index in [1.165, 1.54) is 24.9 Å². The number of carbonyl (C=O) groups excluding carboxylic acids is 3. The second kappa shape index (κ2) is 16.3. The average Bonchev–Trinajstić information content (AvgIpc) is 3.49. The van der Waals surface area contributed by atoms with Gasteiger partial charge in [0.15, 0.2) is 17.4 Å². The van der Waals surface area contributed by atoms with Gasteiger partial charge in [0, 0.05) is 77.4 Å². The first kappa shape index (κ1) is 38.7. The van der Waals surface area contributed by atoms with Gasteiger partial charge in [-0.15, -0.1) is 0 Å². The Morgan fingerprint density at radius 2 is 1.66 bits per heavy atom. The number of rotatable bonds is 11. The minimum atomic E-state index is -0.723. The number of ether oxygens (including phenoxy) is 1. The third kappa shape index (κ3) is 7.89. The number of carbonyl (C=O) groups is 3. The molecule has 1 unspecified atom stereocenters. The van der Waals surface area contributed by atoms with Gasteiger partial charge in [-0.05, 0) is 48.4 Å². The number of halogens is 1. The summed E-state index contributed by atoms with van der Waals surface area (Å²) in [5.74, 6) is 0.0132. The van der Waals surface area contributed by atoms with E-state index in [2.05, 4.69) is 51.0 Å². The monoisotopic (exact) mass is 800 g/mol. The summed E-state index contributed by atoms with van der Waals surface area (Å²) in [6.07, 6.45) is 5.93. The van der Waals surface area contributed by atoms with Crippen molar-refractivity contribution in [2.24, 2.45) is 7.05 Å². The fourth-order valence-electron chi connectivity index (χ4n) is 7.49. The van der Waals surface area contributed by atoms with Crippen LogP contribution < -0.4 is 36.6 Å². The molecule has 8 rings (SSSR count). The van der Waals surface area contributed by atoms with Crippen LogP contribution in [-0.4, -0.2) is 92.0 Å². The number of hydrogen-bond donors (Lipinski definition) is 4. The van der Waals surface area contributed by atoms with Gasteiger partial charge in [0.05, 0.1) is 53.0 Å². The summed E-state index contributed by atoms with van der Waals surface area (Å²) in [6.45, 7) is 3.91. The first-order valence-electron chi connectivity index (χ1n) is 19.0. The van der Waals surface area contributed by atoms with Crippen molar-refractivity contribution < 1.29 is 23.5 Å². The highest BCUT2D eigenvalue weighted by Gasteiger charge is 2.31. The SMILES string of the molecule is CNC(=O)c1cnc(Nc2ccc(CN3CCN(c4ccc5c(c4)n(C)c(=O)n5C4CCC(=O)NC4=O)CC3)cn2)cc1Nc1cccc(-c2ncc(F)cn2)c1OC. The standard InChI is InChI=1S/C41H41FN12O5/c1-43-39(56)28-22-45-35(18-30(28)48-29-6-4-5-27(37(29)59-3)38-46-20-25(42)21-47-38)49-34-11-7-24(19-44-34)23-52-13-15-53(16-14-52)26-8-9-31-33(17-26)51(2)41(58)54(31)32-10-12-36(55)50-40(32)57/h4-9,11,17-22,32H,10,12-16,23H2,1-3H3,(H,43,56)(H,50,55,57)(H2,44,45,48,49). The predicted octanol–water partition coefficient (Wildman–Crippen LogP) is 3.88. The minimum Gasteiger partial charge on any atom is -0.494 e. The first-order valence-corrected chi connectivity index (χ1v) is 19.0. The molecule has 3 amide bonds. The van der Waals surface area contributed by atoms with Crippen LogP contribution in [-0.2, 0) is 23.2 Å². The number of pyridine rings is 2. The molecular formula is C41H41FN12O5. The topological polar surface area (TPSA) is 194 Å². The molecule has 2 aliphatic rings. The summed E-state index contributed by atoms with van der Waals surface area (Å²) in [6, 6.07) is 16.0. The van der Waals surface area contributed by atoms with Gasteiger partial charge < -0.3 is 25.6 Å². The molecule has 2 saturated heterocycles. The van der Waals surface area contributed by atoms with Crippen molar-refractivity contribution >= 4 is 57.5 Å². The normalized spacial score (nSPS) is 15.9. The van der Waals surface area contributed by atoms with Crippen molar-refractivity contribution in [1.29, 1.82) is 0 Å². The first-order chi connectivity index (χ1) is 28.6. The number of hydrogen-bond acceptors (Lipinski definition) is 13. The number of nitrogens with one attached hydrogen (secondary N) is 4. The van der Waals surface area contributed by atoms with Gasteiger partial charge in [0.25, 0.3) is 5.91 Å². The van der Waals surface area contributed by atoms with Crippen LogP contribution in [0.1, 0.15) is 34.8 Å². The number of amides is 3. The molecule has 2 aliphatic heterocycles. The number of fused-ring (bicyclic) bond motifs is 1. The molecule has 2 aromatic carbocycles. The molecule has 302 valence electrons. The average molecular weight is 801 g/mol. The van der Waals surface area contributed by atoms with Crippen LogP contribution in [0.5, 0.6) is 5.75 Å². The molecule has 17 nitrogen and oxygen atoms in total. The van der Waals surface area contributed by atoms with E-state index in [1.807, 2.05) is 36.5 Å². The van der Waals surface area contributed by atoms with E-state index in [4.69, 9.17) is 4.74 Å². The second-order valence-corrected chi connectivity index (χ2v) is 14.2. The Labute approximate surface area is 337 Å². The molecule has 0 radical (unpaired) electrons. The van der Waals surface area contributed by atoms with E-state index in [0.29, 0.717) is 51.9 Å². The molecule has 59 heavy (non-hydrogen) atoms. The van der Waals surface area contributed by atoms with Crippen LogP contribution in [0.3, 0.4) is 0 Å². The highest BCUT2D eigenvalue weighted by Crippen LogP contribution is 2.37. The summed E-state index contributed by atoms with van der Waals surface area (Å²) < 4.78 is 22.3. The van der Waals surface area contributed by atoms with Crippen LogP contribution in [0.15, 0.2) is 84.2 Å². The van der Waals surface area contributed by atoms with Gasteiger partial charge in [0.1, 0.15) is 17.7 Å². The largest absolute Gasteiger partial charge is 0.494 e. The van der Waals surface area contributed by atoms with Crippen LogP contribution in [0.4, 0.5) is 33.1 Å². The van der Waals surface area contributed by atoms with E-state index >= 15 is 0 Å². The van der Waals surface area contributed by atoms with Crippen molar-refractivity contribution in [1.82, 2.24) is 44.6 Å². The Morgan fingerprint density at radius 3 is 2.37 bits per heavy atom. The summed E-state index contributed by atoms with van der Waals surface area (Å²) >= 11 is 0. The number of imidazole rings is 1. The molecule has 0 saturated carbocycles. The highest BCUT2D eigenvalue weighted by molar-refractivity contribution is 6.01. The Hall–Kier alpha value is -7.21. The highest BCUT2D eigenvalue weighted by atomic mass is 19.1. The number of benzene rings is 2. The molecule has 0 spiro atoms. The van der Waals surface area contributed by atoms with Gasteiger partial charge in [-0.2, -0.15) is 0 Å². The summed E-state index contributed by atoms with van der Waals surface area (Å²) in [7, 11) is 4.74. The zero-order valence-electron chi connectivity index (χ0n) is 32.5. The second-order valence-electron chi connectivity index (χ2n) is 14.2. The third-order valence-corrected chi connectivity index (χ3v) is 10.5. The number of nitrogens with zero attached hydrogens (tertiary/aromatic N) is 8. The summed E-state index contributed by atoms with van der Waals surface area (Å²) in [4.78, 5) is 72.3. The molecule has 0 aliphatic carbocycles. The maximum absolute atomic E-state index is 13.5. The van der Waals surface area contributed by atoms with Crippen LogP contribution in [0, 0.1) is 5.82 Å². The number of piperidine rings is 1. The number of imide groups is 1. The third-order valence-electron chi connectivity index (χ3n) is 10.5.